The lowest BCUT2D eigenvalue weighted by Crippen LogP contribution is -2.47. The van der Waals surface area contributed by atoms with Crippen molar-refractivity contribution in [1.29, 1.82) is 0 Å². The zero-order chi connectivity index (χ0) is 50.2. The van der Waals surface area contributed by atoms with Crippen molar-refractivity contribution in [2.75, 3.05) is 112 Å². The Morgan fingerprint density at radius 2 is 1.04 bits per heavy atom. The monoisotopic (exact) mass is 1060 g/mol. The number of hydrogen-bond donors (Lipinski definition) is 3. The largest absolute Gasteiger partial charge is 0.314 e. The van der Waals surface area contributed by atoms with E-state index in [9.17, 15) is 19.2 Å². The van der Waals surface area contributed by atoms with Crippen LogP contribution in [0.3, 0.4) is 0 Å². The molecule has 10 rings (SSSR count). The van der Waals surface area contributed by atoms with E-state index in [0.717, 1.165) is 129 Å². The number of fused-ring (bicyclic) bond motifs is 2. The van der Waals surface area contributed by atoms with E-state index in [2.05, 4.69) is 77.8 Å². The van der Waals surface area contributed by atoms with Crippen molar-refractivity contribution in [3.8, 4) is 22.5 Å². The molecule has 372 valence electrons. The van der Waals surface area contributed by atoms with Crippen LogP contribution in [0.15, 0.2) is 84.9 Å². The number of thiazole rings is 2. The number of nitrogens with one attached hydrogen (secondary N) is 3. The van der Waals surface area contributed by atoms with Crippen LogP contribution in [-0.4, -0.2) is 140 Å². The second-order valence-electron chi connectivity index (χ2n) is 18.4. The van der Waals surface area contributed by atoms with Gasteiger partial charge in [-0.05, 0) is 113 Å². The molecule has 4 aliphatic heterocycles. The van der Waals surface area contributed by atoms with E-state index in [1.165, 1.54) is 35.8 Å². The molecule has 4 aliphatic rings. The van der Waals surface area contributed by atoms with Crippen LogP contribution in [0.1, 0.15) is 52.7 Å². The first-order valence-corrected chi connectivity index (χ1v) is 26.9. The van der Waals surface area contributed by atoms with Gasteiger partial charge >= 0.3 is 0 Å². The smallest absolute Gasteiger partial charge is 0.258 e. The average Bonchev–Trinajstić information content (AvgIpc) is 4.17. The van der Waals surface area contributed by atoms with E-state index >= 15 is 0 Å². The molecule has 0 spiro atoms. The van der Waals surface area contributed by atoms with Gasteiger partial charge in [0.25, 0.3) is 11.8 Å². The highest BCUT2D eigenvalue weighted by molar-refractivity contribution is 9.09. The Kier molecular flexibility index (Phi) is 17.3. The molecular weight excluding hydrogens is 997 g/mol. The van der Waals surface area contributed by atoms with E-state index in [1.807, 2.05) is 110 Å². The van der Waals surface area contributed by atoms with Gasteiger partial charge in [0.1, 0.15) is 0 Å². The molecule has 17 heteroatoms. The van der Waals surface area contributed by atoms with Gasteiger partial charge in [-0.1, -0.05) is 64.5 Å². The standard InChI is InChI=1S/C27H31N5O2S.C22H20BrN3O2S.C5H12N2/c1-18-6-4-5-7-22(18)26(34)32-11-10-20-16-21(8-9-23(20)32)25-19(2)35-27(29-25)28-24(33)17-31-14-12-30(3)13-15-31;1-13-5-3-4-6-17(13)21(28)26-10-9-15-11-16(7-8-18(15)26)20-14(2)29-22(25-20)24-19(27)12-23;1-7-4-2-6-3-5-7/h4-9,16H,10-15,17H2,1-3H3,(H,28,29,33);3-8,11H,9-10,12H2,1-2H3,(H,24,25,27);6H,2-5H2,1H3. The minimum absolute atomic E-state index is 0.0193. The summed E-state index contributed by atoms with van der Waals surface area (Å²) in [6.07, 6.45) is 1.63. The average molecular weight is 1060 g/mol. The zero-order valence-corrected chi connectivity index (χ0v) is 44.7. The maximum Gasteiger partial charge on any atom is 0.258 e. The number of hydrogen-bond acceptors (Lipinski definition) is 12. The second-order valence-corrected chi connectivity index (χ2v) is 21.4. The Balaban J connectivity index is 0.000000169. The van der Waals surface area contributed by atoms with E-state index in [1.54, 1.807) is 0 Å². The number of halogens is 1. The van der Waals surface area contributed by atoms with Gasteiger partial charge in [0, 0.05) is 109 Å². The lowest BCUT2D eigenvalue weighted by atomic mass is 10.0. The van der Waals surface area contributed by atoms with Crippen molar-refractivity contribution in [3.63, 3.8) is 0 Å². The summed E-state index contributed by atoms with van der Waals surface area (Å²) in [5.74, 6) is -0.0530. The van der Waals surface area contributed by atoms with Crippen LogP contribution >= 0.6 is 38.6 Å². The highest BCUT2D eigenvalue weighted by Gasteiger charge is 2.29. The Labute approximate surface area is 433 Å². The summed E-state index contributed by atoms with van der Waals surface area (Å²) in [5, 5.41) is 10.5. The van der Waals surface area contributed by atoms with Gasteiger partial charge < -0.3 is 35.6 Å². The Morgan fingerprint density at radius 1 is 0.592 bits per heavy atom. The first-order chi connectivity index (χ1) is 34.3. The number of carbonyl (C=O) groups excluding carboxylic acids is 4. The number of alkyl halides is 1. The number of nitrogens with zero attached hydrogens (tertiary/aromatic N) is 7. The van der Waals surface area contributed by atoms with Gasteiger partial charge in [-0.3, -0.25) is 24.1 Å². The predicted molar refractivity (Wildman–Crippen MR) is 293 cm³/mol. The molecule has 14 nitrogen and oxygen atoms in total. The summed E-state index contributed by atoms with van der Waals surface area (Å²) in [6, 6.07) is 27.7. The third-order valence-electron chi connectivity index (χ3n) is 13.2. The van der Waals surface area contributed by atoms with Crippen molar-refractivity contribution in [2.45, 2.75) is 40.5 Å². The van der Waals surface area contributed by atoms with E-state index in [-0.39, 0.29) is 29.0 Å². The molecule has 0 aliphatic carbocycles. The number of aromatic nitrogens is 2. The lowest BCUT2D eigenvalue weighted by molar-refractivity contribution is -0.117. The summed E-state index contributed by atoms with van der Waals surface area (Å²) in [7, 11) is 4.26. The fraction of sp³-hybridized carbons (Fsp3) is 0.370. The minimum atomic E-state index is -0.121. The van der Waals surface area contributed by atoms with Crippen molar-refractivity contribution in [3.05, 3.63) is 128 Å². The highest BCUT2D eigenvalue weighted by atomic mass is 79.9. The maximum absolute atomic E-state index is 13.2. The predicted octanol–water partition coefficient (Wildman–Crippen LogP) is 8.30. The molecule has 2 aromatic heterocycles. The molecule has 0 saturated carbocycles. The summed E-state index contributed by atoms with van der Waals surface area (Å²) in [4.78, 5) is 72.4. The van der Waals surface area contributed by atoms with Gasteiger partial charge in [-0.25, -0.2) is 9.97 Å². The number of benzene rings is 4. The SMILES string of the molecule is CN1CCNCC1.Cc1ccccc1C(=O)N1CCc2cc(-c3nc(NC(=O)CBr)sc3C)ccc21.Cc1ccccc1C(=O)N1CCc2cc(-c3nc(NC(=O)CN4CCN(C)CC4)sc3C)ccc21. The maximum atomic E-state index is 13.2. The second kappa shape index (κ2) is 23.7. The number of anilines is 4. The van der Waals surface area contributed by atoms with Crippen LogP contribution in [0, 0.1) is 27.7 Å². The summed E-state index contributed by atoms with van der Waals surface area (Å²) < 4.78 is 0. The molecule has 0 unspecified atom stereocenters. The van der Waals surface area contributed by atoms with Gasteiger partial charge in [0.05, 0.1) is 23.3 Å². The third kappa shape index (κ3) is 12.7. The van der Waals surface area contributed by atoms with Crippen LogP contribution in [0.5, 0.6) is 0 Å². The number of piperazine rings is 2. The molecule has 0 radical (unpaired) electrons. The number of amides is 4. The van der Waals surface area contributed by atoms with Crippen LogP contribution < -0.4 is 25.8 Å². The van der Waals surface area contributed by atoms with Crippen molar-refractivity contribution in [2.24, 2.45) is 0 Å². The van der Waals surface area contributed by atoms with Crippen LogP contribution in [-0.2, 0) is 22.4 Å². The third-order valence-corrected chi connectivity index (χ3v) is 15.5. The molecule has 0 bridgehead atoms. The van der Waals surface area contributed by atoms with Crippen molar-refractivity contribution in [1.82, 2.24) is 30.0 Å². The van der Waals surface area contributed by atoms with Gasteiger partial charge in [0.2, 0.25) is 11.8 Å². The fourth-order valence-electron chi connectivity index (χ4n) is 9.17. The Bertz CT molecular complexity index is 2890. The topological polar surface area (TPSA) is 146 Å². The number of likely N-dealkylation sites (N-methyl/N-ethyl adjacent to an activating group) is 2. The van der Waals surface area contributed by atoms with Crippen LogP contribution in [0.4, 0.5) is 21.6 Å². The van der Waals surface area contributed by atoms with Crippen LogP contribution in [0.25, 0.3) is 22.5 Å². The fourth-order valence-corrected chi connectivity index (χ4v) is 11.0. The van der Waals surface area contributed by atoms with Gasteiger partial charge in [0.15, 0.2) is 10.3 Å². The molecular formula is C54H63BrN10O4S2. The number of rotatable bonds is 9. The number of aryl methyl sites for hydroxylation is 4. The molecule has 4 aromatic carbocycles. The molecule has 0 atom stereocenters. The van der Waals surface area contributed by atoms with Crippen LogP contribution in [0.2, 0.25) is 0 Å². The van der Waals surface area contributed by atoms with Crippen molar-refractivity contribution < 1.29 is 19.2 Å². The molecule has 3 N–H and O–H groups in total. The molecule has 6 heterocycles. The summed E-state index contributed by atoms with van der Waals surface area (Å²) in [6.45, 7) is 18.2. The van der Waals surface area contributed by atoms with E-state index in [4.69, 9.17) is 4.98 Å². The van der Waals surface area contributed by atoms with Gasteiger partial charge in [-0.2, -0.15) is 0 Å². The first kappa shape index (κ1) is 51.7. The zero-order valence-electron chi connectivity index (χ0n) is 41.4. The molecule has 2 saturated heterocycles. The quantitative estimate of drug-likeness (QED) is 0.121. The van der Waals surface area contributed by atoms with E-state index < -0.39 is 0 Å². The normalized spacial score (nSPS) is 15.8. The summed E-state index contributed by atoms with van der Waals surface area (Å²) in [5.41, 5.74) is 11.5. The minimum Gasteiger partial charge on any atom is -0.314 e. The highest BCUT2D eigenvalue weighted by Crippen LogP contribution is 2.38. The Morgan fingerprint density at radius 3 is 1.48 bits per heavy atom. The number of carbonyl (C=O) groups is 4. The van der Waals surface area contributed by atoms with Crippen molar-refractivity contribution >= 4 is 83.9 Å². The Hall–Kier alpha value is -5.66. The first-order valence-electron chi connectivity index (χ1n) is 24.2. The molecule has 4 amide bonds. The molecule has 2 fully saturated rings. The van der Waals surface area contributed by atoms with Gasteiger partial charge in [-0.15, -0.1) is 22.7 Å². The van der Waals surface area contributed by atoms with E-state index in [0.29, 0.717) is 29.9 Å². The molecule has 6 aromatic rings. The molecule has 71 heavy (non-hydrogen) atoms. The lowest BCUT2D eigenvalue weighted by Gasteiger charge is -2.31. The summed E-state index contributed by atoms with van der Waals surface area (Å²) >= 11 is 6.11.